The van der Waals surface area contributed by atoms with Crippen molar-refractivity contribution in [3.63, 3.8) is 0 Å². The Morgan fingerprint density at radius 3 is 2.39 bits per heavy atom. The quantitative estimate of drug-likeness (QED) is 0.295. The Hall–Kier alpha value is -4.16. The minimum atomic E-state index is -3.89. The number of nitrogens with zero attached hydrogens (tertiary/aromatic N) is 2. The molecule has 1 atom stereocenters. The lowest BCUT2D eigenvalue weighted by molar-refractivity contribution is 0.474. The fourth-order valence-corrected chi connectivity index (χ4v) is 6.84. The second-order valence-corrected chi connectivity index (χ2v) is 10.8. The van der Waals surface area contributed by atoms with Gasteiger partial charge in [-0.25, -0.2) is 8.42 Å². The minimum Gasteiger partial charge on any atom is -0.508 e. The van der Waals surface area contributed by atoms with Crippen LogP contribution in [0.5, 0.6) is 5.75 Å². The van der Waals surface area contributed by atoms with Gasteiger partial charge in [0.1, 0.15) is 5.75 Å². The highest BCUT2D eigenvalue weighted by Crippen LogP contribution is 2.49. The Morgan fingerprint density at radius 1 is 0.833 bits per heavy atom. The van der Waals surface area contributed by atoms with Crippen molar-refractivity contribution >= 4 is 26.6 Å². The van der Waals surface area contributed by atoms with Crippen LogP contribution in [0.2, 0.25) is 0 Å². The lowest BCUT2D eigenvalue weighted by Gasteiger charge is -2.39. The number of aromatic nitrogens is 1. The van der Waals surface area contributed by atoms with E-state index in [1.165, 1.54) is 24.3 Å². The highest BCUT2D eigenvalue weighted by atomic mass is 32.2. The average Bonchev–Trinajstić information content (AvgIpc) is 2.92. The van der Waals surface area contributed by atoms with Gasteiger partial charge in [0.2, 0.25) is 0 Å². The third kappa shape index (κ3) is 3.53. The number of sulfonamides is 1. The molecule has 0 aliphatic carbocycles. The van der Waals surface area contributed by atoms with Crippen LogP contribution in [0, 0.1) is 0 Å². The Kier molecular flexibility index (Phi) is 5.27. The first-order valence-corrected chi connectivity index (χ1v) is 13.3. The number of pyridine rings is 1. The van der Waals surface area contributed by atoms with Crippen molar-refractivity contribution in [1.29, 1.82) is 0 Å². The molecule has 6 heteroatoms. The van der Waals surface area contributed by atoms with E-state index < -0.39 is 10.0 Å². The van der Waals surface area contributed by atoms with Crippen LogP contribution >= 0.6 is 0 Å². The SMILES string of the molecule is CCC1c2ccccc2-c2cc(-c3ccc4ncccc4c3)ccc2N1S(=O)(=O)c1ccc(O)cc1. The van der Waals surface area contributed by atoms with Crippen molar-refractivity contribution in [2.75, 3.05) is 4.31 Å². The molecule has 0 spiro atoms. The minimum absolute atomic E-state index is 0.0283. The van der Waals surface area contributed by atoms with Crippen molar-refractivity contribution in [3.8, 4) is 28.0 Å². The zero-order chi connectivity index (χ0) is 24.9. The lowest BCUT2D eigenvalue weighted by atomic mass is 9.87. The van der Waals surface area contributed by atoms with Gasteiger partial charge in [0.05, 0.1) is 22.1 Å². The zero-order valence-corrected chi connectivity index (χ0v) is 20.5. The second-order valence-electron chi connectivity index (χ2n) is 8.95. The van der Waals surface area contributed by atoms with E-state index in [0.717, 1.165) is 38.7 Å². The Labute approximate surface area is 210 Å². The maximum Gasteiger partial charge on any atom is 0.264 e. The van der Waals surface area contributed by atoms with Crippen LogP contribution in [0.4, 0.5) is 5.69 Å². The molecule has 0 fully saturated rings. The summed E-state index contributed by atoms with van der Waals surface area (Å²) in [5.74, 6) is 0.0283. The highest BCUT2D eigenvalue weighted by molar-refractivity contribution is 7.92. The molecule has 0 saturated heterocycles. The summed E-state index contributed by atoms with van der Waals surface area (Å²) in [6.07, 6.45) is 2.40. The van der Waals surface area contributed by atoms with E-state index in [2.05, 4.69) is 23.2 Å². The summed E-state index contributed by atoms with van der Waals surface area (Å²) in [7, 11) is -3.89. The van der Waals surface area contributed by atoms with Gasteiger partial charge in [-0.05, 0) is 83.3 Å². The number of hydrogen-bond acceptors (Lipinski definition) is 4. The number of phenolic OH excluding ortho intramolecular Hbond substituents is 1. The molecule has 178 valence electrons. The molecule has 1 aliphatic rings. The van der Waals surface area contributed by atoms with Crippen molar-refractivity contribution in [1.82, 2.24) is 4.98 Å². The maximum atomic E-state index is 14.0. The standard InChI is InChI=1S/C30H24N2O3S/c1-2-29-26-8-4-3-7-25(26)27-19-21(20-9-15-28-22(18-20)6-5-17-31-28)10-16-30(27)32(29)36(34,35)24-13-11-23(33)12-14-24/h3-19,29,33H,2H2,1H3. The van der Waals surface area contributed by atoms with E-state index in [1.54, 1.807) is 10.5 Å². The summed E-state index contributed by atoms with van der Waals surface area (Å²) in [5.41, 5.74) is 6.53. The van der Waals surface area contributed by atoms with Gasteiger partial charge in [-0.15, -0.1) is 0 Å². The predicted molar refractivity (Wildman–Crippen MR) is 143 cm³/mol. The molecule has 0 bridgehead atoms. The fraction of sp³-hybridized carbons (Fsp3) is 0.100. The molecular weight excluding hydrogens is 468 g/mol. The summed E-state index contributed by atoms with van der Waals surface area (Å²) in [6.45, 7) is 2.00. The fourth-order valence-electron chi connectivity index (χ4n) is 5.12. The van der Waals surface area contributed by atoms with Crippen molar-refractivity contribution < 1.29 is 13.5 Å². The Bertz CT molecular complexity index is 1710. The first-order chi connectivity index (χ1) is 17.5. The number of benzene rings is 4. The third-order valence-electron chi connectivity index (χ3n) is 6.84. The van der Waals surface area contributed by atoms with Crippen LogP contribution in [-0.2, 0) is 10.0 Å². The first-order valence-electron chi connectivity index (χ1n) is 11.9. The molecule has 36 heavy (non-hydrogen) atoms. The van der Waals surface area contributed by atoms with Crippen molar-refractivity contribution in [3.05, 3.63) is 109 Å². The van der Waals surface area contributed by atoms with Crippen molar-refractivity contribution in [2.24, 2.45) is 0 Å². The van der Waals surface area contributed by atoms with E-state index in [4.69, 9.17) is 0 Å². The van der Waals surface area contributed by atoms with E-state index in [-0.39, 0.29) is 16.7 Å². The molecule has 0 radical (unpaired) electrons. The molecule has 6 rings (SSSR count). The molecular formula is C30H24N2O3S. The smallest absolute Gasteiger partial charge is 0.264 e. The van der Waals surface area contributed by atoms with Gasteiger partial charge >= 0.3 is 0 Å². The monoisotopic (exact) mass is 492 g/mol. The van der Waals surface area contributed by atoms with Crippen LogP contribution in [0.1, 0.15) is 24.9 Å². The van der Waals surface area contributed by atoms with Gasteiger partial charge in [0.25, 0.3) is 10.0 Å². The molecule has 1 aliphatic heterocycles. The van der Waals surface area contributed by atoms with Gasteiger partial charge in [-0.1, -0.05) is 49.4 Å². The molecule has 1 unspecified atom stereocenters. The summed E-state index contributed by atoms with van der Waals surface area (Å²) in [4.78, 5) is 4.56. The van der Waals surface area contributed by atoms with Crippen LogP contribution in [0.25, 0.3) is 33.2 Å². The van der Waals surface area contributed by atoms with Crippen LogP contribution < -0.4 is 4.31 Å². The largest absolute Gasteiger partial charge is 0.508 e. The van der Waals surface area contributed by atoms with Crippen molar-refractivity contribution in [2.45, 2.75) is 24.3 Å². The number of anilines is 1. The number of hydrogen-bond donors (Lipinski definition) is 1. The number of fused-ring (bicyclic) bond motifs is 4. The normalized spacial score (nSPS) is 14.9. The molecule has 0 saturated carbocycles. The van der Waals surface area contributed by atoms with Crippen LogP contribution in [0.3, 0.4) is 0 Å². The van der Waals surface area contributed by atoms with Gasteiger partial charge in [-0.2, -0.15) is 0 Å². The topological polar surface area (TPSA) is 70.5 Å². The summed E-state index contributed by atoms with van der Waals surface area (Å²) < 4.78 is 29.5. The molecule has 5 aromatic rings. The number of phenols is 1. The number of aromatic hydroxyl groups is 1. The second kappa shape index (κ2) is 8.50. The Morgan fingerprint density at radius 2 is 1.58 bits per heavy atom. The maximum absolute atomic E-state index is 14.0. The Balaban J connectivity index is 1.56. The van der Waals surface area contributed by atoms with Gasteiger partial charge in [0, 0.05) is 17.1 Å². The summed E-state index contributed by atoms with van der Waals surface area (Å²) >= 11 is 0. The molecule has 0 amide bonds. The third-order valence-corrected chi connectivity index (χ3v) is 8.68. The van der Waals surface area contributed by atoms with Gasteiger partial charge < -0.3 is 5.11 Å². The van der Waals surface area contributed by atoms with Crippen LogP contribution in [0.15, 0.2) is 108 Å². The molecule has 4 aromatic carbocycles. The molecule has 5 nitrogen and oxygen atoms in total. The molecule has 1 N–H and O–H groups in total. The van der Waals surface area contributed by atoms with Gasteiger partial charge in [-0.3, -0.25) is 9.29 Å². The van der Waals surface area contributed by atoms with Gasteiger partial charge in [0.15, 0.2) is 0 Å². The van der Waals surface area contributed by atoms with E-state index in [0.29, 0.717) is 12.1 Å². The average molecular weight is 493 g/mol. The first kappa shape index (κ1) is 22.3. The summed E-state index contributed by atoms with van der Waals surface area (Å²) in [6, 6.07) is 29.5. The summed E-state index contributed by atoms with van der Waals surface area (Å²) in [5, 5.41) is 10.8. The van der Waals surface area contributed by atoms with E-state index >= 15 is 0 Å². The highest BCUT2D eigenvalue weighted by Gasteiger charge is 2.38. The van der Waals surface area contributed by atoms with E-state index in [1.807, 2.05) is 61.5 Å². The van der Waals surface area contributed by atoms with E-state index in [9.17, 15) is 13.5 Å². The molecule has 1 aromatic heterocycles. The predicted octanol–water partition coefficient (Wildman–Crippen LogP) is 6.93. The lowest BCUT2D eigenvalue weighted by Crippen LogP contribution is -2.37. The zero-order valence-electron chi connectivity index (χ0n) is 19.7. The van der Waals surface area contributed by atoms with Crippen LogP contribution in [-0.4, -0.2) is 18.5 Å². The molecule has 2 heterocycles. The number of rotatable bonds is 4.